The molecule has 20 heavy (non-hydrogen) atoms. The Kier molecular flexibility index (Phi) is 4.22. The van der Waals surface area contributed by atoms with Crippen LogP contribution in [0.2, 0.25) is 0 Å². The fourth-order valence-electron chi connectivity index (χ4n) is 2.50. The molecule has 0 radical (unpaired) electrons. The molecule has 1 unspecified atom stereocenters. The molecule has 1 aromatic carbocycles. The molecular weight excluding hydrogens is 258 g/mol. The molecular formula is C14H19N3O3. The number of anilines is 1. The van der Waals surface area contributed by atoms with E-state index < -0.39 is 4.92 Å². The van der Waals surface area contributed by atoms with Crippen molar-refractivity contribution in [3.8, 4) is 0 Å². The zero-order valence-electron chi connectivity index (χ0n) is 11.5. The fraction of sp³-hybridized carbons (Fsp3) is 0.500. The van der Waals surface area contributed by atoms with Gasteiger partial charge < -0.3 is 10.6 Å². The summed E-state index contributed by atoms with van der Waals surface area (Å²) in [6.45, 7) is 3.66. The van der Waals surface area contributed by atoms with Crippen molar-refractivity contribution >= 4 is 17.3 Å². The van der Waals surface area contributed by atoms with Crippen molar-refractivity contribution in [1.82, 2.24) is 4.90 Å². The average Bonchev–Trinajstić information content (AvgIpc) is 2.62. The molecule has 1 amide bonds. The minimum Gasteiger partial charge on any atom is -0.393 e. The molecule has 1 aromatic rings. The summed E-state index contributed by atoms with van der Waals surface area (Å²) in [7, 11) is 0. The Morgan fingerprint density at radius 3 is 2.80 bits per heavy atom. The number of nitrogens with zero attached hydrogens (tertiary/aromatic N) is 2. The molecule has 0 spiro atoms. The van der Waals surface area contributed by atoms with Gasteiger partial charge in [0.25, 0.3) is 11.6 Å². The van der Waals surface area contributed by atoms with E-state index in [2.05, 4.69) is 6.92 Å². The number of hydrogen-bond donors (Lipinski definition) is 1. The SMILES string of the molecule is CC1CCCN(C(=O)c2ccc([N+](=O)[O-])c(N)c2)CC1. The normalized spacial score (nSPS) is 19.4. The summed E-state index contributed by atoms with van der Waals surface area (Å²) in [5.41, 5.74) is 5.92. The lowest BCUT2D eigenvalue weighted by atomic mass is 10.0. The summed E-state index contributed by atoms with van der Waals surface area (Å²) in [6.07, 6.45) is 3.12. The number of carbonyl (C=O) groups excluding carboxylic acids is 1. The van der Waals surface area contributed by atoms with E-state index in [9.17, 15) is 14.9 Å². The number of likely N-dealkylation sites (tertiary alicyclic amines) is 1. The number of nitro benzene ring substituents is 1. The van der Waals surface area contributed by atoms with Crippen molar-refractivity contribution in [1.29, 1.82) is 0 Å². The van der Waals surface area contributed by atoms with Gasteiger partial charge in [0, 0.05) is 24.7 Å². The van der Waals surface area contributed by atoms with Crippen molar-refractivity contribution in [3.05, 3.63) is 33.9 Å². The van der Waals surface area contributed by atoms with Gasteiger partial charge in [-0.25, -0.2) is 0 Å². The third kappa shape index (κ3) is 3.07. The number of nitro groups is 1. The maximum absolute atomic E-state index is 12.4. The summed E-state index contributed by atoms with van der Waals surface area (Å²) in [5, 5.41) is 10.7. The first-order chi connectivity index (χ1) is 9.49. The van der Waals surface area contributed by atoms with Gasteiger partial charge in [0.05, 0.1) is 4.92 Å². The van der Waals surface area contributed by atoms with Crippen LogP contribution in [0.3, 0.4) is 0 Å². The number of nitrogens with two attached hydrogens (primary N) is 1. The Labute approximate surface area is 117 Å². The van der Waals surface area contributed by atoms with Gasteiger partial charge in [-0.15, -0.1) is 0 Å². The van der Waals surface area contributed by atoms with E-state index in [-0.39, 0.29) is 17.3 Å². The minimum absolute atomic E-state index is 0.0315. The van der Waals surface area contributed by atoms with Crippen LogP contribution in [0.1, 0.15) is 36.5 Å². The first-order valence-electron chi connectivity index (χ1n) is 6.82. The standard InChI is InChI=1S/C14H19N3O3/c1-10-3-2-7-16(8-6-10)14(18)11-4-5-13(17(19)20)12(15)9-11/h4-5,9-10H,2-3,6-8,15H2,1H3. The van der Waals surface area contributed by atoms with E-state index in [4.69, 9.17) is 5.73 Å². The summed E-state index contributed by atoms with van der Waals surface area (Å²) < 4.78 is 0. The predicted octanol–water partition coefficient (Wildman–Crippen LogP) is 2.44. The van der Waals surface area contributed by atoms with Crippen LogP contribution in [0.25, 0.3) is 0 Å². The maximum atomic E-state index is 12.4. The lowest BCUT2D eigenvalue weighted by Gasteiger charge is -2.20. The highest BCUT2D eigenvalue weighted by atomic mass is 16.6. The third-order valence-corrected chi connectivity index (χ3v) is 3.78. The minimum atomic E-state index is -0.544. The van der Waals surface area contributed by atoms with Crippen molar-refractivity contribution < 1.29 is 9.72 Å². The maximum Gasteiger partial charge on any atom is 0.292 e. The van der Waals surface area contributed by atoms with Crippen molar-refractivity contribution in [2.75, 3.05) is 18.8 Å². The number of rotatable bonds is 2. The molecule has 1 saturated heterocycles. The third-order valence-electron chi connectivity index (χ3n) is 3.78. The van der Waals surface area contributed by atoms with Crippen LogP contribution in [0.4, 0.5) is 11.4 Å². The van der Waals surface area contributed by atoms with Gasteiger partial charge in [-0.3, -0.25) is 14.9 Å². The lowest BCUT2D eigenvalue weighted by Crippen LogP contribution is -2.32. The van der Waals surface area contributed by atoms with E-state index in [0.29, 0.717) is 11.5 Å². The molecule has 0 saturated carbocycles. The number of hydrogen-bond acceptors (Lipinski definition) is 4. The van der Waals surface area contributed by atoms with E-state index in [1.165, 1.54) is 18.2 Å². The van der Waals surface area contributed by atoms with E-state index in [1.54, 1.807) is 0 Å². The number of nitrogen functional groups attached to an aromatic ring is 1. The molecule has 108 valence electrons. The fourth-order valence-corrected chi connectivity index (χ4v) is 2.50. The largest absolute Gasteiger partial charge is 0.393 e. The van der Waals surface area contributed by atoms with Gasteiger partial charge in [0.15, 0.2) is 0 Å². The summed E-state index contributed by atoms with van der Waals surface area (Å²) in [6, 6.07) is 4.17. The van der Waals surface area contributed by atoms with Crippen LogP contribution in [-0.2, 0) is 0 Å². The predicted molar refractivity (Wildman–Crippen MR) is 76.4 cm³/mol. The first-order valence-corrected chi connectivity index (χ1v) is 6.82. The Hall–Kier alpha value is -2.11. The smallest absolute Gasteiger partial charge is 0.292 e. The van der Waals surface area contributed by atoms with Crippen molar-refractivity contribution in [2.24, 2.45) is 5.92 Å². The van der Waals surface area contributed by atoms with Gasteiger partial charge in [0.2, 0.25) is 0 Å². The lowest BCUT2D eigenvalue weighted by molar-refractivity contribution is -0.383. The highest BCUT2D eigenvalue weighted by Gasteiger charge is 2.21. The van der Waals surface area contributed by atoms with Gasteiger partial charge in [-0.1, -0.05) is 6.92 Å². The topological polar surface area (TPSA) is 89.5 Å². The number of benzene rings is 1. The van der Waals surface area contributed by atoms with Crippen LogP contribution in [0.15, 0.2) is 18.2 Å². The molecule has 1 heterocycles. The summed E-state index contributed by atoms with van der Waals surface area (Å²) >= 11 is 0. The second-order valence-electron chi connectivity index (χ2n) is 5.36. The number of carbonyl (C=O) groups is 1. The van der Waals surface area contributed by atoms with E-state index in [1.807, 2.05) is 4.90 Å². The quantitative estimate of drug-likeness (QED) is 0.510. The molecule has 1 aliphatic heterocycles. The van der Waals surface area contributed by atoms with Gasteiger partial charge in [-0.05, 0) is 37.3 Å². The summed E-state index contributed by atoms with van der Waals surface area (Å²) in [4.78, 5) is 24.4. The Morgan fingerprint density at radius 2 is 2.15 bits per heavy atom. The van der Waals surface area contributed by atoms with Gasteiger partial charge >= 0.3 is 0 Å². The molecule has 0 aromatic heterocycles. The molecule has 0 aliphatic carbocycles. The second-order valence-corrected chi connectivity index (χ2v) is 5.36. The molecule has 2 rings (SSSR count). The molecule has 1 fully saturated rings. The van der Waals surface area contributed by atoms with Gasteiger partial charge in [-0.2, -0.15) is 0 Å². The number of amides is 1. The first kappa shape index (κ1) is 14.3. The van der Waals surface area contributed by atoms with Crippen LogP contribution < -0.4 is 5.73 Å². The van der Waals surface area contributed by atoms with Crippen LogP contribution in [-0.4, -0.2) is 28.8 Å². The molecule has 0 bridgehead atoms. The monoisotopic (exact) mass is 277 g/mol. The van der Waals surface area contributed by atoms with Crippen LogP contribution in [0, 0.1) is 16.0 Å². The van der Waals surface area contributed by atoms with Crippen LogP contribution in [0.5, 0.6) is 0 Å². The van der Waals surface area contributed by atoms with Crippen molar-refractivity contribution in [2.45, 2.75) is 26.2 Å². The zero-order chi connectivity index (χ0) is 14.7. The van der Waals surface area contributed by atoms with E-state index in [0.717, 1.165) is 32.4 Å². The molecule has 6 heteroatoms. The van der Waals surface area contributed by atoms with Crippen LogP contribution >= 0.6 is 0 Å². The Morgan fingerprint density at radius 1 is 1.40 bits per heavy atom. The highest BCUT2D eigenvalue weighted by Crippen LogP contribution is 2.24. The van der Waals surface area contributed by atoms with Gasteiger partial charge in [0.1, 0.15) is 5.69 Å². The van der Waals surface area contributed by atoms with E-state index >= 15 is 0 Å². The zero-order valence-corrected chi connectivity index (χ0v) is 11.5. The highest BCUT2D eigenvalue weighted by molar-refractivity contribution is 5.95. The second kappa shape index (κ2) is 5.90. The Bertz CT molecular complexity index is 530. The molecule has 1 aliphatic rings. The molecule has 6 nitrogen and oxygen atoms in total. The molecule has 2 N–H and O–H groups in total. The Balaban J connectivity index is 2.16. The molecule has 1 atom stereocenters. The van der Waals surface area contributed by atoms with Crippen molar-refractivity contribution in [3.63, 3.8) is 0 Å². The summed E-state index contributed by atoms with van der Waals surface area (Å²) in [5.74, 6) is 0.537. The average molecular weight is 277 g/mol.